The third-order valence-electron chi connectivity index (χ3n) is 8.09. The molecule has 9 heteroatoms. The van der Waals surface area contributed by atoms with Crippen molar-refractivity contribution in [1.82, 2.24) is 19.9 Å². The van der Waals surface area contributed by atoms with Gasteiger partial charge < -0.3 is 15.6 Å². The number of amides is 2. The van der Waals surface area contributed by atoms with Crippen molar-refractivity contribution in [2.75, 3.05) is 0 Å². The number of rotatable bonds is 8. The summed E-state index contributed by atoms with van der Waals surface area (Å²) in [6.45, 7) is 4.84. The SMILES string of the molecule is CC(C)Cc1nc2c(ccn2Cc2ccc3ncsc3c2)c(-c2ccc(C(=O)N[C@H]3CCc4ccccc43)s2)c1C(N)=O. The second-order valence-electron chi connectivity index (χ2n) is 11.5. The number of hydrogen-bond acceptors (Lipinski definition) is 6. The first-order chi connectivity index (χ1) is 20.9. The Morgan fingerprint density at radius 3 is 2.81 bits per heavy atom. The third kappa shape index (κ3) is 5.13. The van der Waals surface area contributed by atoms with Crippen LogP contribution in [0.4, 0.5) is 0 Å². The number of aryl methyl sites for hydroxylation is 1. The predicted molar refractivity (Wildman–Crippen MR) is 174 cm³/mol. The Balaban J connectivity index is 1.28. The summed E-state index contributed by atoms with van der Waals surface area (Å²) in [6, 6.07) is 20.4. The van der Waals surface area contributed by atoms with Crippen LogP contribution in [-0.4, -0.2) is 26.3 Å². The number of fused-ring (bicyclic) bond motifs is 3. The Hall–Kier alpha value is -4.34. The zero-order chi connectivity index (χ0) is 29.7. The molecule has 0 saturated carbocycles. The zero-order valence-corrected chi connectivity index (χ0v) is 25.6. The molecule has 2 amide bonds. The van der Waals surface area contributed by atoms with Crippen molar-refractivity contribution in [3.63, 3.8) is 0 Å². The Morgan fingerprint density at radius 2 is 1.98 bits per heavy atom. The van der Waals surface area contributed by atoms with Crippen LogP contribution >= 0.6 is 22.7 Å². The van der Waals surface area contributed by atoms with Crippen molar-refractivity contribution in [2.45, 2.75) is 45.7 Å². The molecule has 216 valence electrons. The summed E-state index contributed by atoms with van der Waals surface area (Å²) in [6.07, 6.45) is 4.48. The number of hydrogen-bond donors (Lipinski definition) is 2. The van der Waals surface area contributed by atoms with E-state index in [9.17, 15) is 9.59 Å². The highest BCUT2D eigenvalue weighted by atomic mass is 32.1. The van der Waals surface area contributed by atoms with Crippen LogP contribution in [0.15, 0.2) is 72.4 Å². The molecule has 0 fully saturated rings. The molecule has 1 atom stereocenters. The van der Waals surface area contributed by atoms with Gasteiger partial charge in [-0.2, -0.15) is 0 Å². The molecule has 3 N–H and O–H groups in total. The summed E-state index contributed by atoms with van der Waals surface area (Å²) in [7, 11) is 0. The largest absolute Gasteiger partial charge is 0.366 e. The molecule has 7 rings (SSSR count). The number of nitrogens with two attached hydrogens (primary N) is 1. The van der Waals surface area contributed by atoms with E-state index < -0.39 is 5.91 Å². The molecule has 2 aromatic carbocycles. The van der Waals surface area contributed by atoms with Gasteiger partial charge in [0.05, 0.1) is 37.9 Å². The maximum atomic E-state index is 13.4. The van der Waals surface area contributed by atoms with Gasteiger partial charge in [0.25, 0.3) is 11.8 Å². The van der Waals surface area contributed by atoms with E-state index in [0.29, 0.717) is 29.1 Å². The van der Waals surface area contributed by atoms with Gasteiger partial charge in [0.1, 0.15) is 5.65 Å². The number of carbonyl (C=O) groups excluding carboxylic acids is 2. The van der Waals surface area contributed by atoms with Crippen LogP contribution in [0.2, 0.25) is 0 Å². The molecule has 0 radical (unpaired) electrons. The van der Waals surface area contributed by atoms with Crippen molar-refractivity contribution in [3.8, 4) is 10.4 Å². The second kappa shape index (κ2) is 11.1. The lowest BCUT2D eigenvalue weighted by molar-refractivity contribution is 0.0939. The Bertz CT molecular complexity index is 2020. The highest BCUT2D eigenvalue weighted by Gasteiger charge is 2.27. The average molecular weight is 606 g/mol. The van der Waals surface area contributed by atoms with Gasteiger partial charge in [0, 0.05) is 28.6 Å². The number of benzene rings is 2. The Labute approximate surface area is 257 Å². The van der Waals surface area contributed by atoms with Crippen molar-refractivity contribution in [1.29, 1.82) is 0 Å². The van der Waals surface area contributed by atoms with Crippen LogP contribution < -0.4 is 11.1 Å². The van der Waals surface area contributed by atoms with Crippen LogP contribution in [-0.2, 0) is 19.4 Å². The van der Waals surface area contributed by atoms with Gasteiger partial charge in [0.2, 0.25) is 0 Å². The topological polar surface area (TPSA) is 103 Å². The summed E-state index contributed by atoms with van der Waals surface area (Å²) < 4.78 is 3.26. The van der Waals surface area contributed by atoms with Crippen molar-refractivity contribution in [2.24, 2.45) is 11.7 Å². The van der Waals surface area contributed by atoms with Gasteiger partial charge >= 0.3 is 0 Å². The number of pyridine rings is 1. The normalized spacial score (nSPS) is 14.5. The highest BCUT2D eigenvalue weighted by Crippen LogP contribution is 2.39. The van der Waals surface area contributed by atoms with Crippen LogP contribution in [0.1, 0.15) is 68.7 Å². The standard InChI is InChI=1S/C34H31N5O2S2/c1-19(2)15-26-31(32(35)40)30(23-13-14-39(33(23)37-26)17-20-7-9-25-29(16-20)42-18-36-25)27-11-12-28(43-27)34(41)38-24-10-8-21-5-3-4-6-22(21)24/h3-7,9,11-14,16,18-19,24H,8,10,15,17H2,1-2H3,(H2,35,40)(H,38,41)/t24-/m0/s1. The Kier molecular flexibility index (Phi) is 7.07. The molecule has 6 aromatic rings. The van der Waals surface area contributed by atoms with Crippen LogP contribution in [0.25, 0.3) is 31.7 Å². The smallest absolute Gasteiger partial charge is 0.261 e. The first kappa shape index (κ1) is 27.5. The minimum atomic E-state index is -0.509. The average Bonchev–Trinajstić information content (AvgIpc) is 3.79. The van der Waals surface area contributed by atoms with Crippen molar-refractivity contribution in [3.05, 3.63) is 105 Å². The van der Waals surface area contributed by atoms with E-state index in [1.54, 1.807) is 11.3 Å². The lowest BCUT2D eigenvalue weighted by Crippen LogP contribution is -2.26. The quantitative estimate of drug-likeness (QED) is 0.193. The van der Waals surface area contributed by atoms with Gasteiger partial charge in [-0.3, -0.25) is 9.59 Å². The third-order valence-corrected chi connectivity index (χ3v) is 9.99. The summed E-state index contributed by atoms with van der Waals surface area (Å²) >= 11 is 3.01. The van der Waals surface area contributed by atoms with E-state index in [4.69, 9.17) is 10.7 Å². The van der Waals surface area contributed by atoms with Crippen molar-refractivity contribution >= 4 is 55.7 Å². The van der Waals surface area contributed by atoms with Gasteiger partial charge in [-0.1, -0.05) is 44.2 Å². The number of aromatic nitrogens is 3. The minimum Gasteiger partial charge on any atom is -0.366 e. The molecule has 7 nitrogen and oxygen atoms in total. The predicted octanol–water partition coefficient (Wildman–Crippen LogP) is 7.14. The molecule has 0 spiro atoms. The maximum Gasteiger partial charge on any atom is 0.261 e. The van der Waals surface area contributed by atoms with Gasteiger partial charge in [0.15, 0.2) is 0 Å². The van der Waals surface area contributed by atoms with Crippen molar-refractivity contribution < 1.29 is 9.59 Å². The first-order valence-corrected chi connectivity index (χ1v) is 16.2. The molecule has 43 heavy (non-hydrogen) atoms. The molecule has 0 saturated heterocycles. The van der Waals surface area contributed by atoms with E-state index in [-0.39, 0.29) is 17.9 Å². The fourth-order valence-corrected chi connectivity index (χ4v) is 7.87. The number of nitrogens with zero attached hydrogens (tertiary/aromatic N) is 3. The van der Waals surface area contributed by atoms with Crippen LogP contribution in [0.5, 0.6) is 0 Å². The van der Waals surface area contributed by atoms with Crippen LogP contribution in [0, 0.1) is 5.92 Å². The number of nitrogens with one attached hydrogen (secondary N) is 1. The first-order valence-electron chi connectivity index (χ1n) is 14.5. The molecule has 1 aliphatic rings. The van der Waals surface area contributed by atoms with Gasteiger partial charge in [-0.05, 0) is 72.2 Å². The van der Waals surface area contributed by atoms with E-state index >= 15 is 0 Å². The zero-order valence-electron chi connectivity index (χ0n) is 24.0. The van der Waals surface area contributed by atoms with Gasteiger partial charge in [-0.25, -0.2) is 9.97 Å². The molecule has 4 aromatic heterocycles. The van der Waals surface area contributed by atoms with E-state index in [1.807, 2.05) is 48.1 Å². The fourth-order valence-electron chi connectivity index (χ4n) is 6.16. The van der Waals surface area contributed by atoms with Gasteiger partial charge in [-0.15, -0.1) is 22.7 Å². The lowest BCUT2D eigenvalue weighted by Gasteiger charge is -2.15. The maximum absolute atomic E-state index is 13.4. The fraction of sp³-hybridized carbons (Fsp3) is 0.235. The molecule has 0 aliphatic heterocycles. The second-order valence-corrected chi connectivity index (χ2v) is 13.5. The number of carbonyl (C=O) groups is 2. The van der Waals surface area contributed by atoms with Crippen LogP contribution in [0.3, 0.4) is 0 Å². The summed E-state index contributed by atoms with van der Waals surface area (Å²) in [5, 5.41) is 4.08. The number of thiazole rings is 1. The summed E-state index contributed by atoms with van der Waals surface area (Å²) in [4.78, 5) is 37.3. The minimum absolute atomic E-state index is 0.00100. The molecule has 1 aliphatic carbocycles. The van der Waals surface area contributed by atoms with E-state index in [1.165, 1.54) is 22.5 Å². The number of thiophene rings is 1. The number of primary amides is 1. The molecular weight excluding hydrogens is 575 g/mol. The summed E-state index contributed by atoms with van der Waals surface area (Å²) in [5.74, 6) is -0.347. The van der Waals surface area contributed by atoms with E-state index in [0.717, 1.165) is 50.1 Å². The van der Waals surface area contributed by atoms with E-state index in [2.05, 4.69) is 53.0 Å². The lowest BCUT2D eigenvalue weighted by atomic mass is 9.96. The monoisotopic (exact) mass is 605 g/mol. The Morgan fingerprint density at radius 1 is 1.12 bits per heavy atom. The molecule has 0 bridgehead atoms. The summed E-state index contributed by atoms with van der Waals surface area (Å²) in [5.41, 5.74) is 15.2. The highest BCUT2D eigenvalue weighted by molar-refractivity contribution is 7.17. The molecule has 0 unspecified atom stereocenters. The molecule has 4 heterocycles. The molecular formula is C34H31N5O2S2.